The highest BCUT2D eigenvalue weighted by Crippen LogP contribution is 2.27. The number of thiazole rings is 1. The summed E-state index contributed by atoms with van der Waals surface area (Å²) in [6.45, 7) is 1.59. The summed E-state index contributed by atoms with van der Waals surface area (Å²) >= 11 is 1.59. The third kappa shape index (κ3) is 3.64. The van der Waals surface area contributed by atoms with Crippen molar-refractivity contribution in [1.29, 1.82) is 0 Å². The number of piperidine rings is 1. The van der Waals surface area contributed by atoms with Gasteiger partial charge in [-0.2, -0.15) is 5.10 Å². The van der Waals surface area contributed by atoms with Crippen LogP contribution < -0.4 is 0 Å². The lowest BCUT2D eigenvalue weighted by Gasteiger charge is -2.32. The number of aromatic amines is 1. The third-order valence-corrected chi connectivity index (χ3v) is 5.58. The van der Waals surface area contributed by atoms with Crippen LogP contribution in [0.3, 0.4) is 0 Å². The molecule has 1 amide bonds. The topological polar surface area (TPSA) is 61.9 Å². The Bertz CT molecular complexity index is 828. The molecule has 3 heterocycles. The molecule has 2 aromatic heterocycles. The second-order valence-electron chi connectivity index (χ2n) is 6.38. The van der Waals surface area contributed by atoms with Crippen molar-refractivity contribution >= 4 is 17.2 Å². The Morgan fingerprint density at radius 3 is 2.96 bits per heavy atom. The van der Waals surface area contributed by atoms with E-state index < -0.39 is 0 Å². The Balaban J connectivity index is 1.41. The highest BCUT2D eigenvalue weighted by Gasteiger charge is 2.25. The van der Waals surface area contributed by atoms with Gasteiger partial charge in [0.1, 0.15) is 5.01 Å². The number of nitrogens with zero attached hydrogens (tertiary/aromatic N) is 3. The first kappa shape index (κ1) is 16.0. The zero-order chi connectivity index (χ0) is 17.1. The number of benzene rings is 1. The lowest BCUT2D eigenvalue weighted by molar-refractivity contribution is -0.131. The molecular formula is C19H20N4OS. The molecule has 1 aromatic carbocycles. The van der Waals surface area contributed by atoms with Crippen LogP contribution in [0.2, 0.25) is 0 Å². The number of likely N-dealkylation sites (tertiary alicyclic amines) is 1. The first-order valence-electron chi connectivity index (χ1n) is 8.56. The van der Waals surface area contributed by atoms with Crippen LogP contribution in [0.4, 0.5) is 0 Å². The Hall–Kier alpha value is -2.47. The van der Waals surface area contributed by atoms with Crippen LogP contribution in [-0.4, -0.2) is 39.1 Å². The maximum atomic E-state index is 12.7. The van der Waals surface area contributed by atoms with Crippen LogP contribution >= 0.6 is 11.3 Å². The average Bonchev–Trinajstić information content (AvgIpc) is 3.35. The number of amides is 1. The molecule has 1 saturated heterocycles. The van der Waals surface area contributed by atoms with Crippen molar-refractivity contribution in [3.05, 3.63) is 59.4 Å². The smallest absolute Gasteiger partial charge is 0.228 e. The molecule has 0 aliphatic carbocycles. The van der Waals surface area contributed by atoms with E-state index in [4.69, 9.17) is 0 Å². The molecule has 3 aromatic rings. The Kier molecular flexibility index (Phi) is 4.61. The van der Waals surface area contributed by atoms with Crippen LogP contribution in [0.5, 0.6) is 0 Å². The maximum absolute atomic E-state index is 12.7. The van der Waals surface area contributed by atoms with E-state index in [-0.39, 0.29) is 5.91 Å². The minimum absolute atomic E-state index is 0.161. The van der Waals surface area contributed by atoms with Gasteiger partial charge in [-0.25, -0.2) is 4.98 Å². The fourth-order valence-corrected chi connectivity index (χ4v) is 4.15. The number of carbonyl (C=O) groups excluding carboxylic acids is 1. The predicted molar refractivity (Wildman–Crippen MR) is 98.4 cm³/mol. The number of aromatic nitrogens is 3. The second-order valence-corrected chi connectivity index (χ2v) is 7.24. The van der Waals surface area contributed by atoms with E-state index >= 15 is 0 Å². The van der Waals surface area contributed by atoms with Gasteiger partial charge in [0.15, 0.2) is 0 Å². The summed E-state index contributed by atoms with van der Waals surface area (Å²) in [5.74, 6) is 0.518. The molecule has 6 heteroatoms. The predicted octanol–water partition coefficient (Wildman–Crippen LogP) is 3.48. The standard InChI is InChI=1S/C19H20N4OS/c24-18(23-10-4-7-15(12-23)17-8-9-20-22-17)11-16-13-25-19(21-16)14-5-2-1-3-6-14/h1-3,5-6,8-9,13,15H,4,7,10-12H2,(H,20,22). The zero-order valence-electron chi connectivity index (χ0n) is 13.9. The van der Waals surface area contributed by atoms with Crippen molar-refractivity contribution in [2.75, 3.05) is 13.1 Å². The van der Waals surface area contributed by atoms with Gasteiger partial charge < -0.3 is 4.90 Å². The molecule has 128 valence electrons. The first-order valence-corrected chi connectivity index (χ1v) is 9.44. The van der Waals surface area contributed by atoms with Gasteiger partial charge in [0.2, 0.25) is 5.91 Å². The number of carbonyl (C=O) groups is 1. The maximum Gasteiger partial charge on any atom is 0.228 e. The van der Waals surface area contributed by atoms with Crippen molar-refractivity contribution in [1.82, 2.24) is 20.1 Å². The minimum Gasteiger partial charge on any atom is -0.342 e. The molecule has 25 heavy (non-hydrogen) atoms. The Labute approximate surface area is 150 Å². The monoisotopic (exact) mass is 352 g/mol. The van der Waals surface area contributed by atoms with Gasteiger partial charge in [-0.15, -0.1) is 11.3 Å². The van der Waals surface area contributed by atoms with E-state index in [1.807, 2.05) is 46.7 Å². The lowest BCUT2D eigenvalue weighted by Crippen LogP contribution is -2.40. The van der Waals surface area contributed by atoms with Crippen LogP contribution in [0.1, 0.15) is 30.1 Å². The van der Waals surface area contributed by atoms with Crippen LogP contribution in [0, 0.1) is 0 Å². The second kappa shape index (κ2) is 7.19. The van der Waals surface area contributed by atoms with E-state index in [2.05, 4.69) is 15.2 Å². The molecule has 1 N–H and O–H groups in total. The van der Waals surface area contributed by atoms with Crippen molar-refractivity contribution < 1.29 is 4.79 Å². The molecule has 1 unspecified atom stereocenters. The highest BCUT2D eigenvalue weighted by molar-refractivity contribution is 7.13. The van der Waals surface area contributed by atoms with Gasteiger partial charge in [0, 0.05) is 41.8 Å². The molecule has 1 fully saturated rings. The summed E-state index contributed by atoms with van der Waals surface area (Å²) in [7, 11) is 0. The first-order chi connectivity index (χ1) is 12.3. The summed E-state index contributed by atoms with van der Waals surface area (Å²) in [6.07, 6.45) is 4.28. The van der Waals surface area contributed by atoms with E-state index in [1.165, 1.54) is 0 Å². The molecule has 0 radical (unpaired) electrons. The van der Waals surface area contributed by atoms with Gasteiger partial charge in [-0.05, 0) is 18.9 Å². The van der Waals surface area contributed by atoms with Crippen molar-refractivity contribution in [2.24, 2.45) is 0 Å². The molecule has 0 spiro atoms. The van der Waals surface area contributed by atoms with Crippen LogP contribution in [0.15, 0.2) is 48.0 Å². The van der Waals surface area contributed by atoms with E-state index in [9.17, 15) is 4.79 Å². The molecule has 1 aliphatic rings. The number of rotatable bonds is 4. The number of hydrogen-bond acceptors (Lipinski definition) is 4. The molecular weight excluding hydrogens is 332 g/mol. The number of nitrogens with one attached hydrogen (secondary N) is 1. The summed E-state index contributed by atoms with van der Waals surface area (Å²) in [4.78, 5) is 19.3. The third-order valence-electron chi connectivity index (χ3n) is 4.64. The Morgan fingerprint density at radius 2 is 2.16 bits per heavy atom. The number of H-pyrrole nitrogens is 1. The van der Waals surface area contributed by atoms with Gasteiger partial charge in [0.25, 0.3) is 0 Å². The average molecular weight is 352 g/mol. The van der Waals surface area contributed by atoms with E-state index in [0.29, 0.717) is 12.3 Å². The Morgan fingerprint density at radius 1 is 1.28 bits per heavy atom. The SMILES string of the molecule is O=C(Cc1csc(-c2ccccc2)n1)N1CCCC(c2ccn[nH]2)C1. The molecule has 1 aliphatic heterocycles. The lowest BCUT2D eigenvalue weighted by atomic mass is 9.94. The van der Waals surface area contributed by atoms with Crippen molar-refractivity contribution in [3.8, 4) is 10.6 Å². The fraction of sp³-hybridized carbons (Fsp3) is 0.316. The molecule has 1 atom stereocenters. The molecule has 0 bridgehead atoms. The van der Waals surface area contributed by atoms with Gasteiger partial charge >= 0.3 is 0 Å². The largest absolute Gasteiger partial charge is 0.342 e. The molecule has 0 saturated carbocycles. The van der Waals surface area contributed by atoms with Crippen LogP contribution in [-0.2, 0) is 11.2 Å². The highest BCUT2D eigenvalue weighted by atomic mass is 32.1. The summed E-state index contributed by atoms with van der Waals surface area (Å²) in [5, 5.41) is 10.0. The van der Waals surface area contributed by atoms with E-state index in [0.717, 1.165) is 47.9 Å². The number of hydrogen-bond donors (Lipinski definition) is 1. The minimum atomic E-state index is 0.161. The summed E-state index contributed by atoms with van der Waals surface area (Å²) < 4.78 is 0. The zero-order valence-corrected chi connectivity index (χ0v) is 14.7. The summed E-state index contributed by atoms with van der Waals surface area (Å²) in [5.41, 5.74) is 3.08. The fourth-order valence-electron chi connectivity index (χ4n) is 3.32. The van der Waals surface area contributed by atoms with Gasteiger partial charge in [-0.1, -0.05) is 30.3 Å². The molecule has 4 rings (SSSR count). The quantitative estimate of drug-likeness (QED) is 0.782. The van der Waals surface area contributed by atoms with Gasteiger partial charge in [0.05, 0.1) is 12.1 Å². The molecule has 5 nitrogen and oxygen atoms in total. The van der Waals surface area contributed by atoms with Gasteiger partial charge in [-0.3, -0.25) is 9.89 Å². The normalized spacial score (nSPS) is 17.6. The summed E-state index contributed by atoms with van der Waals surface area (Å²) in [6, 6.07) is 12.1. The van der Waals surface area contributed by atoms with Crippen LogP contribution in [0.25, 0.3) is 10.6 Å². The van der Waals surface area contributed by atoms with Crippen molar-refractivity contribution in [3.63, 3.8) is 0 Å². The van der Waals surface area contributed by atoms with Crippen molar-refractivity contribution in [2.45, 2.75) is 25.2 Å². The van der Waals surface area contributed by atoms with E-state index in [1.54, 1.807) is 17.5 Å².